The lowest BCUT2D eigenvalue weighted by atomic mass is 9.95. The van der Waals surface area contributed by atoms with Crippen molar-refractivity contribution in [1.29, 1.82) is 0 Å². The van der Waals surface area contributed by atoms with Gasteiger partial charge >= 0.3 is 12.1 Å². The summed E-state index contributed by atoms with van der Waals surface area (Å²) in [4.78, 5) is 33.8. The number of amides is 1. The molecule has 2 aromatic heterocycles. The van der Waals surface area contributed by atoms with E-state index in [1.165, 1.54) is 0 Å². The second-order valence-electron chi connectivity index (χ2n) is 14.9. The fourth-order valence-corrected chi connectivity index (χ4v) is 9.39. The van der Waals surface area contributed by atoms with Gasteiger partial charge < -0.3 is 29.3 Å². The zero-order valence-electron chi connectivity index (χ0n) is 29.3. The Balaban J connectivity index is 1.03. The van der Waals surface area contributed by atoms with Crippen LogP contribution >= 0.6 is 0 Å². The largest absolute Gasteiger partial charge is 0.461 e. The number of ether oxygens (including phenoxy) is 3. The summed E-state index contributed by atoms with van der Waals surface area (Å²) in [5.74, 6) is 0.222. The van der Waals surface area contributed by atoms with Crippen LogP contribution in [0.25, 0.3) is 32.9 Å². The molecule has 1 N–H and O–H groups in total. The minimum atomic E-state index is -0.457. The molecule has 9 rings (SSSR count). The number of rotatable bonds is 8. The Bertz CT molecular complexity index is 1940. The number of aromatic nitrogens is 3. The van der Waals surface area contributed by atoms with Crippen molar-refractivity contribution in [3.8, 4) is 17.3 Å². The zero-order chi connectivity index (χ0) is 34.5. The number of carbonyl (C=O) groups excluding carboxylic acids is 1. The van der Waals surface area contributed by atoms with E-state index in [1.54, 1.807) is 11.1 Å². The molecular formula is C39H46FN7O4. The fourth-order valence-electron chi connectivity index (χ4n) is 9.39. The maximum absolute atomic E-state index is 17.0. The van der Waals surface area contributed by atoms with Gasteiger partial charge in [-0.1, -0.05) is 43.3 Å². The molecule has 268 valence electrons. The van der Waals surface area contributed by atoms with Crippen molar-refractivity contribution in [3.05, 3.63) is 54.0 Å². The first-order chi connectivity index (χ1) is 25.0. The lowest BCUT2D eigenvalue weighted by Gasteiger charge is -2.35. The van der Waals surface area contributed by atoms with Crippen LogP contribution in [-0.4, -0.2) is 114 Å². The molecule has 4 atom stereocenters. The maximum atomic E-state index is 17.0. The van der Waals surface area contributed by atoms with Gasteiger partial charge in [-0.15, -0.1) is 0 Å². The van der Waals surface area contributed by atoms with E-state index in [2.05, 4.69) is 46.3 Å². The van der Waals surface area contributed by atoms with Gasteiger partial charge in [0, 0.05) is 56.1 Å². The van der Waals surface area contributed by atoms with E-state index < -0.39 is 5.82 Å². The molecule has 5 saturated heterocycles. The number of pyridine rings is 1. The number of hydrogen-bond donors (Lipinski definition) is 1. The van der Waals surface area contributed by atoms with Crippen molar-refractivity contribution < 1.29 is 23.4 Å². The van der Waals surface area contributed by atoms with Crippen molar-refractivity contribution in [3.63, 3.8) is 0 Å². The lowest BCUT2D eigenvalue weighted by Crippen LogP contribution is -2.51. The molecule has 5 aliphatic rings. The number of nitrogens with zero attached hydrogens (tertiary/aromatic N) is 6. The Morgan fingerprint density at radius 2 is 1.84 bits per heavy atom. The fraction of sp³-hybridized carbons (Fsp3) is 0.538. The highest BCUT2D eigenvalue weighted by Crippen LogP contribution is 2.43. The lowest BCUT2D eigenvalue weighted by molar-refractivity contribution is 0.0138. The first-order valence-electron chi connectivity index (χ1n) is 18.8. The number of fused-ring (bicyclic) bond motifs is 5. The molecule has 0 aliphatic carbocycles. The van der Waals surface area contributed by atoms with Gasteiger partial charge in [-0.25, -0.2) is 9.18 Å². The van der Waals surface area contributed by atoms with E-state index in [4.69, 9.17) is 29.2 Å². The summed E-state index contributed by atoms with van der Waals surface area (Å²) in [5.41, 5.74) is 2.23. The number of hydrogen-bond acceptors (Lipinski definition) is 10. The molecule has 11 nitrogen and oxygen atoms in total. The highest BCUT2D eigenvalue weighted by molar-refractivity contribution is 6.00. The van der Waals surface area contributed by atoms with Gasteiger partial charge in [0.05, 0.1) is 24.1 Å². The molecule has 0 saturated carbocycles. The Morgan fingerprint density at radius 1 is 1.04 bits per heavy atom. The van der Waals surface area contributed by atoms with Crippen LogP contribution in [0.3, 0.4) is 0 Å². The zero-order valence-corrected chi connectivity index (χ0v) is 29.3. The van der Waals surface area contributed by atoms with Crippen LogP contribution in [0.1, 0.15) is 51.0 Å². The van der Waals surface area contributed by atoms with Gasteiger partial charge in [0.15, 0.2) is 5.82 Å². The quantitative estimate of drug-likeness (QED) is 0.260. The average molecular weight is 696 g/mol. The number of aryl methyl sites for hydroxylation is 1. The van der Waals surface area contributed by atoms with Gasteiger partial charge in [0.2, 0.25) is 0 Å². The van der Waals surface area contributed by atoms with Crippen LogP contribution in [-0.2, 0) is 15.9 Å². The van der Waals surface area contributed by atoms with Gasteiger partial charge in [0.25, 0.3) is 0 Å². The number of carbonyl (C=O) groups is 1. The normalized spacial score (nSPS) is 26.3. The Kier molecular flexibility index (Phi) is 8.64. The molecule has 2 bridgehead atoms. The molecule has 51 heavy (non-hydrogen) atoms. The van der Waals surface area contributed by atoms with Crippen LogP contribution in [0.4, 0.5) is 15.0 Å². The van der Waals surface area contributed by atoms with Gasteiger partial charge in [0.1, 0.15) is 30.2 Å². The minimum absolute atomic E-state index is 0.130. The summed E-state index contributed by atoms with van der Waals surface area (Å²) >= 11 is 0. The minimum Gasteiger partial charge on any atom is -0.461 e. The molecule has 5 aliphatic heterocycles. The predicted octanol–water partition coefficient (Wildman–Crippen LogP) is 5.33. The van der Waals surface area contributed by atoms with E-state index in [0.717, 1.165) is 86.5 Å². The molecule has 0 radical (unpaired) electrons. The van der Waals surface area contributed by atoms with Crippen LogP contribution in [0.5, 0.6) is 6.01 Å². The third kappa shape index (κ3) is 5.94. The van der Waals surface area contributed by atoms with Crippen molar-refractivity contribution in [2.45, 2.75) is 75.5 Å². The van der Waals surface area contributed by atoms with Crippen molar-refractivity contribution in [1.82, 2.24) is 30.1 Å². The Hall–Kier alpha value is -4.13. The molecule has 5 fully saturated rings. The summed E-state index contributed by atoms with van der Waals surface area (Å²) in [6.45, 7) is 7.58. The Morgan fingerprint density at radius 3 is 2.65 bits per heavy atom. The first-order valence-corrected chi connectivity index (χ1v) is 18.8. The van der Waals surface area contributed by atoms with E-state index >= 15 is 4.39 Å². The van der Waals surface area contributed by atoms with Gasteiger partial charge in [-0.3, -0.25) is 9.88 Å². The maximum Gasteiger partial charge on any atom is 0.409 e. The van der Waals surface area contributed by atoms with E-state index in [-0.39, 0.29) is 34.9 Å². The number of morpholine rings is 1. The third-order valence-electron chi connectivity index (χ3n) is 12.0. The Labute approximate surface area is 297 Å². The van der Waals surface area contributed by atoms with Gasteiger partial charge in [-0.2, -0.15) is 9.97 Å². The summed E-state index contributed by atoms with van der Waals surface area (Å²) in [6, 6.07) is 13.3. The summed E-state index contributed by atoms with van der Waals surface area (Å²) in [5, 5.41) is 6.38. The number of halogens is 1. The number of anilines is 1. The van der Waals surface area contributed by atoms with Crippen molar-refractivity contribution in [2.24, 2.45) is 0 Å². The highest BCUT2D eigenvalue weighted by atomic mass is 19.1. The van der Waals surface area contributed by atoms with Crippen LogP contribution in [0.2, 0.25) is 0 Å². The smallest absolute Gasteiger partial charge is 0.409 e. The molecule has 0 spiro atoms. The van der Waals surface area contributed by atoms with Crippen LogP contribution in [0.15, 0.2) is 42.6 Å². The number of piperazine rings is 1. The van der Waals surface area contributed by atoms with E-state index in [1.807, 2.05) is 12.1 Å². The van der Waals surface area contributed by atoms with Crippen molar-refractivity contribution in [2.75, 3.05) is 64.1 Å². The van der Waals surface area contributed by atoms with Crippen LogP contribution < -0.4 is 15.0 Å². The third-order valence-corrected chi connectivity index (χ3v) is 12.0. The SMILES string of the molecule is CCc1cccc2cccc(-c3ncc4c(N5CC6CCC(C5)N6)nc(OCC56CCCN5[C@@H](COC(=O)N5CCOCC5)CC6)nc4c3F)c12. The number of benzene rings is 2. The first kappa shape index (κ1) is 32.8. The molecule has 7 heterocycles. The average Bonchev–Trinajstić information content (AvgIpc) is 3.85. The molecular weight excluding hydrogens is 649 g/mol. The molecule has 1 amide bonds. The highest BCUT2D eigenvalue weighted by Gasteiger charge is 2.50. The summed E-state index contributed by atoms with van der Waals surface area (Å²) in [7, 11) is 0. The standard InChI is InChI=1S/C39H46FN7O4/c1-2-25-6-3-7-26-8-4-9-30(32(25)26)34-33(40)35-31(20-41-34)36(46-21-27-10-11-28(22-46)42-27)44-37(43-35)51-24-39-13-5-15-47(39)29(12-14-39)23-50-38(48)45-16-18-49-19-17-45/h3-4,6-9,20,27-29,42H,2,5,10-19,21-24H2,1H3/t27?,28?,29-,39?/m1/s1. The van der Waals surface area contributed by atoms with E-state index in [0.29, 0.717) is 62.8 Å². The summed E-state index contributed by atoms with van der Waals surface area (Å²) in [6.07, 6.45) is 8.41. The molecule has 3 unspecified atom stereocenters. The second-order valence-corrected chi connectivity index (χ2v) is 14.9. The van der Waals surface area contributed by atoms with Gasteiger partial charge in [-0.05, 0) is 67.8 Å². The predicted molar refractivity (Wildman–Crippen MR) is 193 cm³/mol. The van der Waals surface area contributed by atoms with Crippen LogP contribution in [0, 0.1) is 5.82 Å². The number of nitrogens with one attached hydrogen (secondary N) is 1. The summed E-state index contributed by atoms with van der Waals surface area (Å²) < 4.78 is 34.7. The molecule has 4 aromatic rings. The molecule has 12 heteroatoms. The topological polar surface area (TPSA) is 105 Å². The van der Waals surface area contributed by atoms with E-state index in [9.17, 15) is 4.79 Å². The molecule has 2 aromatic carbocycles. The second kappa shape index (κ2) is 13.4. The van der Waals surface area contributed by atoms with Crippen molar-refractivity contribution >= 4 is 33.6 Å². The monoisotopic (exact) mass is 695 g/mol.